The summed E-state index contributed by atoms with van der Waals surface area (Å²) in [5.41, 5.74) is -0.155. The molecule has 2 aliphatic rings. The monoisotopic (exact) mass is 547 g/mol. The third-order valence-electron chi connectivity index (χ3n) is 6.52. The van der Waals surface area contributed by atoms with E-state index in [0.29, 0.717) is 38.0 Å². The van der Waals surface area contributed by atoms with Crippen LogP contribution in [0.25, 0.3) is 0 Å². The highest BCUT2D eigenvalue weighted by molar-refractivity contribution is 6.42. The predicted molar refractivity (Wildman–Crippen MR) is 138 cm³/mol. The van der Waals surface area contributed by atoms with Crippen LogP contribution in [-0.2, 0) is 16.0 Å². The maximum absolute atomic E-state index is 13.5. The summed E-state index contributed by atoms with van der Waals surface area (Å²) in [7, 11) is 0. The smallest absolute Gasteiger partial charge is 0.415 e. The van der Waals surface area contributed by atoms with Crippen molar-refractivity contribution < 1.29 is 23.5 Å². The van der Waals surface area contributed by atoms with Gasteiger partial charge in [-0.15, -0.1) is 0 Å². The molecule has 2 aromatic carbocycles. The summed E-state index contributed by atoms with van der Waals surface area (Å²) in [6.45, 7) is 5.91. The lowest BCUT2D eigenvalue weighted by molar-refractivity contribution is -0.140. The molecule has 196 valence electrons. The van der Waals surface area contributed by atoms with Gasteiger partial charge in [0, 0.05) is 19.2 Å². The molecule has 2 aliphatic heterocycles. The highest BCUT2D eigenvalue weighted by atomic mass is 35.5. The van der Waals surface area contributed by atoms with Gasteiger partial charge in [-0.3, -0.25) is 9.69 Å². The molecule has 4 rings (SSSR count). The molecule has 1 saturated heterocycles. The summed E-state index contributed by atoms with van der Waals surface area (Å²) in [6.07, 6.45) is -0.205. The molecule has 0 bridgehead atoms. The molecule has 1 atom stereocenters. The Labute approximate surface area is 225 Å². The maximum Gasteiger partial charge on any atom is 0.415 e. The minimum absolute atomic E-state index is 0.0613. The van der Waals surface area contributed by atoms with Crippen LogP contribution in [0, 0.1) is 22.6 Å². The minimum Gasteiger partial charge on any atom is -0.476 e. The van der Waals surface area contributed by atoms with Gasteiger partial charge >= 0.3 is 6.09 Å². The average molecular weight is 548 g/mol. The van der Waals surface area contributed by atoms with Crippen molar-refractivity contribution in [3.05, 3.63) is 57.8 Å². The Bertz CT molecular complexity index is 1230. The number of nitriles is 1. The van der Waals surface area contributed by atoms with Gasteiger partial charge in [-0.2, -0.15) is 5.26 Å². The lowest BCUT2D eigenvalue weighted by Crippen LogP contribution is -2.54. The van der Waals surface area contributed by atoms with Gasteiger partial charge in [0.1, 0.15) is 17.2 Å². The van der Waals surface area contributed by atoms with Crippen LogP contribution < -0.4 is 9.64 Å². The van der Waals surface area contributed by atoms with E-state index in [2.05, 4.69) is 6.07 Å². The quantitative estimate of drug-likeness (QED) is 0.469. The molecule has 0 radical (unpaired) electrons. The van der Waals surface area contributed by atoms with Crippen LogP contribution in [0.3, 0.4) is 0 Å². The van der Waals surface area contributed by atoms with Crippen LogP contribution in [-0.4, -0.2) is 48.2 Å². The van der Waals surface area contributed by atoms with Gasteiger partial charge in [0.15, 0.2) is 6.10 Å². The lowest BCUT2D eigenvalue weighted by atomic mass is 9.75. The summed E-state index contributed by atoms with van der Waals surface area (Å²) in [5, 5.41) is 10.4. The molecule has 0 aliphatic carbocycles. The normalized spacial score (nSPS) is 18.9. The van der Waals surface area contributed by atoms with Crippen molar-refractivity contribution in [1.82, 2.24) is 4.90 Å². The van der Waals surface area contributed by atoms with Crippen LogP contribution in [0.2, 0.25) is 10.0 Å². The third kappa shape index (κ3) is 6.11. The molecule has 2 amide bonds. The van der Waals surface area contributed by atoms with Crippen molar-refractivity contribution in [2.45, 2.75) is 51.7 Å². The molecule has 7 nitrogen and oxygen atoms in total. The van der Waals surface area contributed by atoms with Crippen LogP contribution in [0.4, 0.5) is 14.9 Å². The standard InChI is InChI=1S/C27H28Cl2FN3O4/c1-26(2,3)37-25(35)33-15-23(36-22-13-20(29)19(28)12-21(22)33)24(34)32-10-8-27(16-31,9-11-32)14-17-4-6-18(30)7-5-17/h4-7,12-13,23H,8-11,14-15H2,1-3H3. The Kier molecular flexibility index (Phi) is 7.59. The molecule has 0 saturated carbocycles. The van der Waals surface area contributed by atoms with E-state index in [4.69, 9.17) is 32.7 Å². The topological polar surface area (TPSA) is 82.9 Å². The number of carbonyl (C=O) groups excluding carboxylic acids is 2. The first-order chi connectivity index (χ1) is 17.4. The van der Waals surface area contributed by atoms with E-state index in [0.717, 1.165) is 5.56 Å². The molecule has 10 heteroatoms. The van der Waals surface area contributed by atoms with Gasteiger partial charge in [-0.1, -0.05) is 35.3 Å². The van der Waals surface area contributed by atoms with Gasteiger partial charge in [0.25, 0.3) is 5.91 Å². The molecule has 2 heterocycles. The summed E-state index contributed by atoms with van der Waals surface area (Å²) >= 11 is 12.4. The molecule has 1 fully saturated rings. The van der Waals surface area contributed by atoms with Crippen LogP contribution in [0.1, 0.15) is 39.2 Å². The van der Waals surface area contributed by atoms with E-state index >= 15 is 0 Å². The van der Waals surface area contributed by atoms with Gasteiger partial charge < -0.3 is 14.4 Å². The number of piperidine rings is 1. The van der Waals surface area contributed by atoms with E-state index in [9.17, 15) is 19.2 Å². The number of anilines is 1. The molecular weight excluding hydrogens is 520 g/mol. The van der Waals surface area contributed by atoms with E-state index in [1.54, 1.807) is 37.8 Å². The van der Waals surface area contributed by atoms with Crippen LogP contribution in [0.5, 0.6) is 5.75 Å². The fourth-order valence-electron chi connectivity index (χ4n) is 4.58. The number of carbonyl (C=O) groups is 2. The number of ether oxygens (including phenoxy) is 2. The number of amides is 2. The zero-order chi connectivity index (χ0) is 27.0. The van der Waals surface area contributed by atoms with Crippen molar-refractivity contribution in [3.63, 3.8) is 0 Å². The minimum atomic E-state index is -0.982. The number of halogens is 3. The SMILES string of the molecule is CC(C)(C)OC(=O)N1CC(C(=O)N2CCC(C#N)(Cc3ccc(F)cc3)CC2)Oc2cc(Cl)c(Cl)cc21. The Morgan fingerprint density at radius 3 is 2.38 bits per heavy atom. The molecule has 2 aromatic rings. The number of nitrogens with zero attached hydrogens (tertiary/aromatic N) is 3. The highest BCUT2D eigenvalue weighted by Gasteiger charge is 2.42. The first kappa shape index (κ1) is 27.0. The molecule has 0 spiro atoms. The second-order valence-corrected chi connectivity index (χ2v) is 11.3. The fraction of sp³-hybridized carbons (Fsp3) is 0.444. The van der Waals surface area contributed by atoms with Crippen molar-refractivity contribution in [2.24, 2.45) is 5.41 Å². The number of hydrogen-bond donors (Lipinski definition) is 0. The van der Waals surface area contributed by atoms with Gasteiger partial charge in [0.2, 0.25) is 0 Å². The summed E-state index contributed by atoms with van der Waals surface area (Å²) in [4.78, 5) is 29.5. The van der Waals surface area contributed by atoms with Crippen LogP contribution >= 0.6 is 23.2 Å². The van der Waals surface area contributed by atoms with Crippen molar-refractivity contribution in [1.29, 1.82) is 5.26 Å². The molecule has 0 N–H and O–H groups in total. The second kappa shape index (κ2) is 10.4. The third-order valence-corrected chi connectivity index (χ3v) is 7.25. The Hall–Kier alpha value is -3.02. The van der Waals surface area contributed by atoms with E-state index < -0.39 is 23.2 Å². The van der Waals surface area contributed by atoms with Crippen molar-refractivity contribution >= 4 is 40.9 Å². The molecule has 0 aromatic heterocycles. The number of likely N-dealkylation sites (tertiary alicyclic amines) is 1. The summed E-state index contributed by atoms with van der Waals surface area (Å²) < 4.78 is 24.8. The predicted octanol–water partition coefficient (Wildman–Crippen LogP) is 6.01. The zero-order valence-corrected chi connectivity index (χ0v) is 22.4. The van der Waals surface area contributed by atoms with Gasteiger partial charge in [-0.25, -0.2) is 9.18 Å². The molecule has 37 heavy (non-hydrogen) atoms. The van der Waals surface area contributed by atoms with Gasteiger partial charge in [-0.05, 0) is 63.8 Å². The van der Waals surface area contributed by atoms with E-state index in [-0.39, 0.29) is 34.1 Å². The number of benzene rings is 2. The fourth-order valence-corrected chi connectivity index (χ4v) is 4.89. The lowest BCUT2D eigenvalue weighted by Gasteiger charge is -2.41. The number of fused-ring (bicyclic) bond motifs is 1. The number of hydrogen-bond acceptors (Lipinski definition) is 5. The van der Waals surface area contributed by atoms with Crippen molar-refractivity contribution in [3.8, 4) is 11.8 Å². The Morgan fingerprint density at radius 1 is 1.16 bits per heavy atom. The maximum atomic E-state index is 13.5. The van der Waals surface area contributed by atoms with Crippen LogP contribution in [0.15, 0.2) is 36.4 Å². The van der Waals surface area contributed by atoms with Gasteiger partial charge in [0.05, 0.1) is 33.8 Å². The second-order valence-electron chi connectivity index (χ2n) is 10.5. The highest BCUT2D eigenvalue weighted by Crippen LogP contribution is 2.41. The van der Waals surface area contributed by atoms with E-state index in [1.807, 2.05) is 0 Å². The first-order valence-electron chi connectivity index (χ1n) is 12.0. The number of rotatable bonds is 3. The first-order valence-corrected chi connectivity index (χ1v) is 12.8. The largest absolute Gasteiger partial charge is 0.476 e. The van der Waals surface area contributed by atoms with E-state index in [1.165, 1.54) is 29.2 Å². The summed E-state index contributed by atoms with van der Waals surface area (Å²) in [5.74, 6) is -0.364. The van der Waals surface area contributed by atoms with Crippen molar-refractivity contribution in [2.75, 3.05) is 24.5 Å². The zero-order valence-electron chi connectivity index (χ0n) is 20.9. The summed E-state index contributed by atoms with van der Waals surface area (Å²) in [6, 6.07) is 11.6. The Morgan fingerprint density at radius 2 is 1.78 bits per heavy atom. The molecular formula is C27H28Cl2FN3O4. The Balaban J connectivity index is 1.50. The average Bonchev–Trinajstić information content (AvgIpc) is 2.84. The molecule has 1 unspecified atom stereocenters.